The van der Waals surface area contributed by atoms with Gasteiger partial charge in [0.25, 0.3) is 6.47 Å². The third-order valence-corrected chi connectivity index (χ3v) is 11.2. The molecule has 5 unspecified atom stereocenters. The first kappa shape index (κ1) is 32.8. The van der Waals surface area contributed by atoms with Gasteiger partial charge in [0, 0.05) is 23.8 Å². The predicted molar refractivity (Wildman–Crippen MR) is 175 cm³/mol. The highest BCUT2D eigenvalue weighted by Crippen LogP contribution is 2.69. The summed E-state index contributed by atoms with van der Waals surface area (Å²) in [7, 11) is 0. The molecule has 1 aromatic rings. The zero-order chi connectivity index (χ0) is 34.8. The van der Waals surface area contributed by atoms with Crippen LogP contribution in [-0.4, -0.2) is 62.4 Å². The van der Waals surface area contributed by atoms with Crippen molar-refractivity contribution < 1.29 is 48.3 Å². The van der Waals surface area contributed by atoms with Crippen molar-refractivity contribution in [2.45, 2.75) is 121 Å². The zero-order valence-corrected chi connectivity index (χ0v) is 28.8. The smallest absolute Gasteiger partial charge is 0.298 e. The molecule has 0 aromatic heterocycles. The average molecular weight is 661 g/mol. The monoisotopic (exact) mass is 660 g/mol. The van der Waals surface area contributed by atoms with E-state index in [1.165, 1.54) is 5.57 Å². The number of ketones is 2. The predicted octanol–water partition coefficient (Wildman–Crippen LogP) is 5.99. The summed E-state index contributed by atoms with van der Waals surface area (Å²) in [6.45, 7) is 15.4. The Balaban J connectivity index is 1.46. The molecule has 3 fully saturated rings. The number of ether oxygens (including phenoxy) is 5. The number of epoxide rings is 1. The molecular weight excluding hydrogens is 616 g/mol. The maximum Gasteiger partial charge on any atom is 0.298 e. The van der Waals surface area contributed by atoms with Gasteiger partial charge >= 0.3 is 0 Å². The number of phenolic OH excluding ortho intramolecular Hbond substituents is 1. The molecule has 10 nitrogen and oxygen atoms in total. The largest absolute Gasteiger partial charge is 0.506 e. The second kappa shape index (κ2) is 10.4. The van der Waals surface area contributed by atoms with E-state index in [0.717, 1.165) is 6.42 Å². The van der Waals surface area contributed by atoms with Crippen molar-refractivity contribution in [3.8, 4) is 17.2 Å². The van der Waals surface area contributed by atoms with Crippen LogP contribution in [0, 0.1) is 11.8 Å². The lowest BCUT2D eigenvalue weighted by atomic mass is 9.51. The minimum absolute atomic E-state index is 0.0306. The number of aliphatic hydroxyl groups excluding tert-OH is 1. The molecule has 1 spiro atoms. The van der Waals surface area contributed by atoms with E-state index in [-0.39, 0.29) is 57.5 Å². The molecule has 1 aromatic carbocycles. The number of carbonyl (C=O) groups is 3. The fourth-order valence-corrected chi connectivity index (χ4v) is 8.82. The Hall–Kier alpha value is -3.73. The van der Waals surface area contributed by atoms with E-state index < -0.39 is 57.8 Å². The fourth-order valence-electron chi connectivity index (χ4n) is 8.82. The summed E-state index contributed by atoms with van der Waals surface area (Å²) >= 11 is 0. The highest BCUT2D eigenvalue weighted by Gasteiger charge is 2.81. The lowest BCUT2D eigenvalue weighted by molar-refractivity contribution is -0.171. The molecule has 7 atom stereocenters. The summed E-state index contributed by atoms with van der Waals surface area (Å²) in [6.07, 6.45) is 8.76. The number of rotatable bonds is 9. The highest BCUT2D eigenvalue weighted by molar-refractivity contribution is 6.19. The molecule has 48 heavy (non-hydrogen) atoms. The maximum atomic E-state index is 14.8. The summed E-state index contributed by atoms with van der Waals surface area (Å²) in [5.74, 6) is -1.67. The average Bonchev–Trinajstić information content (AvgIpc) is 3.60. The lowest BCUT2D eigenvalue weighted by Crippen LogP contribution is -2.72. The van der Waals surface area contributed by atoms with Crippen molar-refractivity contribution in [2.24, 2.45) is 11.8 Å². The van der Waals surface area contributed by atoms with Gasteiger partial charge in [0.15, 0.2) is 22.8 Å². The lowest BCUT2D eigenvalue weighted by Gasteiger charge is -2.56. The van der Waals surface area contributed by atoms with Crippen LogP contribution in [0.4, 0.5) is 0 Å². The number of aliphatic hydroxyl groups is 1. The molecule has 1 saturated carbocycles. The number of Topliss-reactive ketones (excluding diaryl/α,β-unsaturated/α-hetero) is 2. The summed E-state index contributed by atoms with van der Waals surface area (Å²) in [6, 6.07) is 0. The number of phenols is 1. The summed E-state index contributed by atoms with van der Waals surface area (Å²) in [4.78, 5) is 40.3. The Bertz CT molecular complexity index is 1770. The van der Waals surface area contributed by atoms with Gasteiger partial charge in [-0.1, -0.05) is 17.7 Å². The number of allylic oxidation sites excluding steroid dienone is 4. The van der Waals surface area contributed by atoms with Crippen molar-refractivity contribution in [3.05, 3.63) is 57.9 Å². The molecule has 2 N–H and O–H groups in total. The van der Waals surface area contributed by atoms with Crippen molar-refractivity contribution in [2.75, 3.05) is 0 Å². The van der Waals surface area contributed by atoms with Gasteiger partial charge in [-0.2, -0.15) is 0 Å². The third-order valence-electron chi connectivity index (χ3n) is 11.2. The van der Waals surface area contributed by atoms with Crippen molar-refractivity contribution in [1.29, 1.82) is 0 Å². The Morgan fingerprint density at radius 3 is 2.42 bits per heavy atom. The normalized spacial score (nSPS) is 35.0. The van der Waals surface area contributed by atoms with Gasteiger partial charge in [-0.15, -0.1) is 0 Å². The summed E-state index contributed by atoms with van der Waals surface area (Å²) in [5.41, 5.74) is -3.84. The standard InChI is InChI=1S/C38H44O10/c1-19(2)10-9-13-36(8)14-12-22-27(40)25-28(41)23-16-21-17-24-34(4,5)48-37(32(21)43,15-11-20(3)44-18-39)38(23,24)46-31(25)26(30(22)45-36)29(42)33-35(6,7)47-33/h10-12,14,16,18,21,24,29,33,40,42H,9,13,15,17H2,1-8H3/t21?,24?,29?,33?,36-,37?,38+/m0/s1. The molecule has 3 aliphatic carbocycles. The van der Waals surface area contributed by atoms with Crippen LogP contribution < -0.4 is 9.47 Å². The summed E-state index contributed by atoms with van der Waals surface area (Å²) < 4.78 is 31.5. The number of hydrogen-bond donors (Lipinski definition) is 2. The van der Waals surface area contributed by atoms with Crippen molar-refractivity contribution >= 4 is 24.1 Å². The maximum absolute atomic E-state index is 14.8. The number of carbonyl (C=O) groups excluding carboxylic acids is 3. The minimum atomic E-state index is -1.66. The van der Waals surface area contributed by atoms with E-state index in [0.29, 0.717) is 19.3 Å². The van der Waals surface area contributed by atoms with Gasteiger partial charge in [0.05, 0.1) is 22.3 Å². The van der Waals surface area contributed by atoms with Crippen LogP contribution >= 0.6 is 0 Å². The van der Waals surface area contributed by atoms with E-state index >= 15 is 0 Å². The molecule has 4 heterocycles. The molecule has 0 radical (unpaired) electrons. The molecule has 4 bridgehead atoms. The van der Waals surface area contributed by atoms with E-state index in [1.54, 1.807) is 25.2 Å². The molecule has 2 saturated heterocycles. The van der Waals surface area contributed by atoms with Crippen molar-refractivity contribution in [3.63, 3.8) is 0 Å². The third kappa shape index (κ3) is 4.38. The topological polar surface area (TPSA) is 141 Å². The first-order valence-corrected chi connectivity index (χ1v) is 16.7. The molecule has 4 aliphatic heterocycles. The first-order chi connectivity index (χ1) is 22.4. The van der Waals surface area contributed by atoms with Crippen LogP contribution in [0.3, 0.4) is 0 Å². The second-order valence-corrected chi connectivity index (χ2v) is 15.6. The van der Waals surface area contributed by atoms with Gasteiger partial charge in [0.2, 0.25) is 0 Å². The van der Waals surface area contributed by atoms with E-state index in [1.807, 2.05) is 54.5 Å². The molecular formula is C38H44O10. The zero-order valence-electron chi connectivity index (χ0n) is 28.8. The Morgan fingerprint density at radius 2 is 1.77 bits per heavy atom. The van der Waals surface area contributed by atoms with Gasteiger partial charge in [-0.25, -0.2) is 0 Å². The van der Waals surface area contributed by atoms with E-state index in [2.05, 4.69) is 6.08 Å². The van der Waals surface area contributed by atoms with Gasteiger partial charge in [-0.05, 0) is 92.9 Å². The number of hydrogen-bond acceptors (Lipinski definition) is 10. The Kier molecular flexibility index (Phi) is 7.10. The van der Waals surface area contributed by atoms with Crippen molar-refractivity contribution in [1.82, 2.24) is 0 Å². The van der Waals surface area contributed by atoms with Gasteiger partial charge < -0.3 is 33.9 Å². The molecule has 0 amide bonds. The van der Waals surface area contributed by atoms with E-state index in [9.17, 15) is 24.6 Å². The quantitative estimate of drug-likeness (QED) is 0.141. The van der Waals surface area contributed by atoms with Crippen LogP contribution in [-0.2, 0) is 23.8 Å². The Labute approximate surface area is 280 Å². The van der Waals surface area contributed by atoms with Crippen LogP contribution in [0.2, 0.25) is 0 Å². The SMILES string of the molecule is CC(C)=CCC[C@@]1(C)C=Cc2c(O)c3c(c(C(O)C4OC4(C)C)c2O1)O[C@]12C(=CC4CC1C(C)(C)OC2(CC=C(C)OC=O)C4=O)C3=O. The minimum Gasteiger partial charge on any atom is -0.506 e. The highest BCUT2D eigenvalue weighted by atomic mass is 16.6. The van der Waals surface area contributed by atoms with Gasteiger partial charge in [0.1, 0.15) is 46.4 Å². The molecule has 10 heteroatoms. The van der Waals surface area contributed by atoms with Gasteiger partial charge in [-0.3, -0.25) is 14.4 Å². The Morgan fingerprint density at radius 1 is 1.06 bits per heavy atom. The van der Waals surface area contributed by atoms with Crippen LogP contribution in [0.1, 0.15) is 109 Å². The first-order valence-electron chi connectivity index (χ1n) is 16.7. The fraction of sp³-hybridized carbons (Fsp3) is 0.553. The van der Waals surface area contributed by atoms with Crippen LogP contribution in [0.5, 0.6) is 17.2 Å². The van der Waals surface area contributed by atoms with Crippen LogP contribution in [0.25, 0.3) is 6.08 Å². The summed E-state index contributed by atoms with van der Waals surface area (Å²) in [5, 5.41) is 23.9. The van der Waals surface area contributed by atoms with Crippen LogP contribution in [0.15, 0.2) is 41.2 Å². The molecule has 256 valence electrons. The number of benzene rings is 1. The number of fused-ring (bicyclic) bond motifs is 2. The molecule has 7 aliphatic rings. The second-order valence-electron chi connectivity index (χ2n) is 15.6. The molecule has 8 rings (SSSR count). The van der Waals surface area contributed by atoms with E-state index in [4.69, 9.17) is 23.7 Å². The number of aromatic hydroxyl groups is 1.